The van der Waals surface area contributed by atoms with Crippen LogP contribution >= 0.6 is 7.52 Å². The first-order chi connectivity index (χ1) is 6.52. The molecule has 4 heteroatoms. The van der Waals surface area contributed by atoms with Gasteiger partial charge in [0, 0.05) is 5.54 Å². The molecule has 1 fully saturated rings. The molecular weight excluding hydrogens is 197 g/mol. The van der Waals surface area contributed by atoms with Gasteiger partial charge in [-0.25, -0.2) is 5.09 Å². The molecule has 1 atom stereocenters. The molecule has 1 unspecified atom stereocenters. The van der Waals surface area contributed by atoms with E-state index in [0.29, 0.717) is 6.61 Å². The second-order valence-corrected chi connectivity index (χ2v) is 6.26. The number of hydrogen-bond acceptors (Lipinski definition) is 2. The molecule has 0 radical (unpaired) electrons. The molecule has 1 aliphatic heterocycles. The smallest absolute Gasteiger partial charge is 0.300 e. The molecule has 1 aromatic rings. The number of nitrogens with one attached hydrogen (secondary N) is 1. The van der Waals surface area contributed by atoms with Crippen molar-refractivity contribution < 1.29 is 9.09 Å². The van der Waals surface area contributed by atoms with E-state index >= 15 is 0 Å². The molecule has 1 heterocycles. The second kappa shape index (κ2) is 3.20. The van der Waals surface area contributed by atoms with Crippen molar-refractivity contribution in [2.75, 3.05) is 6.61 Å². The van der Waals surface area contributed by atoms with Crippen LogP contribution in [0.5, 0.6) is 0 Å². The standard InChI is InChI=1S/C10H14NO2P/c1-10(2)8-13-14(12,11-10)9-6-4-3-5-7-9/h3-7H,8H2,1-2H3,(H,11,12). The van der Waals surface area contributed by atoms with Gasteiger partial charge in [-0.1, -0.05) is 18.2 Å². The summed E-state index contributed by atoms with van der Waals surface area (Å²) in [6, 6.07) is 9.29. The minimum atomic E-state index is -2.79. The van der Waals surface area contributed by atoms with Crippen molar-refractivity contribution in [3.05, 3.63) is 30.3 Å². The van der Waals surface area contributed by atoms with Crippen molar-refractivity contribution in [2.24, 2.45) is 0 Å². The van der Waals surface area contributed by atoms with E-state index in [9.17, 15) is 4.57 Å². The molecule has 0 aromatic heterocycles. The molecule has 3 nitrogen and oxygen atoms in total. The summed E-state index contributed by atoms with van der Waals surface area (Å²) in [5, 5.41) is 3.80. The van der Waals surface area contributed by atoms with Crippen LogP contribution < -0.4 is 10.4 Å². The van der Waals surface area contributed by atoms with Crippen molar-refractivity contribution >= 4 is 12.8 Å². The third-order valence-corrected chi connectivity index (χ3v) is 4.52. The third kappa shape index (κ3) is 1.76. The van der Waals surface area contributed by atoms with Crippen LogP contribution in [0.4, 0.5) is 0 Å². The van der Waals surface area contributed by atoms with Gasteiger partial charge in [0.05, 0.1) is 11.9 Å². The minimum Gasteiger partial charge on any atom is -0.312 e. The zero-order valence-corrected chi connectivity index (χ0v) is 9.25. The Morgan fingerprint density at radius 3 is 2.50 bits per heavy atom. The van der Waals surface area contributed by atoms with Crippen molar-refractivity contribution in [3.63, 3.8) is 0 Å². The summed E-state index contributed by atoms with van der Waals surface area (Å²) in [7, 11) is -2.79. The van der Waals surface area contributed by atoms with E-state index in [1.807, 2.05) is 44.2 Å². The predicted molar refractivity (Wildman–Crippen MR) is 56.8 cm³/mol. The summed E-state index contributed by atoms with van der Waals surface area (Å²) < 4.78 is 17.7. The molecule has 0 bridgehead atoms. The van der Waals surface area contributed by atoms with Gasteiger partial charge in [-0.3, -0.25) is 4.57 Å². The summed E-state index contributed by atoms with van der Waals surface area (Å²) in [5.41, 5.74) is -0.203. The highest BCUT2D eigenvalue weighted by Crippen LogP contribution is 2.48. The van der Waals surface area contributed by atoms with Gasteiger partial charge in [0.2, 0.25) is 0 Å². The average molecular weight is 211 g/mol. The quantitative estimate of drug-likeness (QED) is 0.721. The number of hydrogen-bond donors (Lipinski definition) is 1. The largest absolute Gasteiger partial charge is 0.312 e. The first-order valence-corrected chi connectivity index (χ1v) is 6.24. The lowest BCUT2D eigenvalue weighted by atomic mass is 10.1. The summed E-state index contributed by atoms with van der Waals surface area (Å²) in [6.07, 6.45) is 0. The van der Waals surface area contributed by atoms with Crippen LogP contribution in [0.25, 0.3) is 0 Å². The third-order valence-electron chi connectivity index (χ3n) is 2.15. The Morgan fingerprint density at radius 1 is 1.36 bits per heavy atom. The monoisotopic (exact) mass is 211 g/mol. The molecule has 0 amide bonds. The van der Waals surface area contributed by atoms with E-state index in [2.05, 4.69) is 5.09 Å². The average Bonchev–Trinajstić information content (AvgIpc) is 2.44. The van der Waals surface area contributed by atoms with Crippen LogP contribution in [0.1, 0.15) is 13.8 Å². The van der Waals surface area contributed by atoms with Crippen LogP contribution in [0.2, 0.25) is 0 Å². The normalized spacial score (nSPS) is 30.4. The van der Waals surface area contributed by atoms with Crippen LogP contribution in [0.3, 0.4) is 0 Å². The Kier molecular flexibility index (Phi) is 2.26. The first kappa shape index (κ1) is 9.91. The maximum absolute atomic E-state index is 12.3. The fraction of sp³-hybridized carbons (Fsp3) is 0.400. The van der Waals surface area contributed by atoms with Crippen molar-refractivity contribution in [3.8, 4) is 0 Å². The highest BCUT2D eigenvalue weighted by molar-refractivity contribution is 7.65. The molecule has 0 aliphatic carbocycles. The molecule has 14 heavy (non-hydrogen) atoms. The minimum absolute atomic E-state index is 0.203. The van der Waals surface area contributed by atoms with Gasteiger partial charge in [0.15, 0.2) is 0 Å². The second-order valence-electron chi connectivity index (χ2n) is 4.16. The summed E-state index contributed by atoms with van der Waals surface area (Å²) in [4.78, 5) is 0. The fourth-order valence-electron chi connectivity index (χ4n) is 1.48. The lowest BCUT2D eigenvalue weighted by molar-refractivity contribution is 0.297. The number of rotatable bonds is 1. The van der Waals surface area contributed by atoms with E-state index in [1.54, 1.807) is 0 Å². The highest BCUT2D eigenvalue weighted by Gasteiger charge is 2.40. The molecular formula is C10H14NO2P. The van der Waals surface area contributed by atoms with Crippen LogP contribution in [0.15, 0.2) is 30.3 Å². The van der Waals surface area contributed by atoms with Gasteiger partial charge < -0.3 is 4.52 Å². The van der Waals surface area contributed by atoms with E-state index < -0.39 is 7.52 Å². The van der Waals surface area contributed by atoms with Crippen molar-refractivity contribution in [2.45, 2.75) is 19.4 Å². The molecule has 1 aliphatic rings. The Morgan fingerprint density at radius 2 is 2.00 bits per heavy atom. The first-order valence-electron chi connectivity index (χ1n) is 4.62. The Hall–Kier alpha value is -0.630. The summed E-state index contributed by atoms with van der Waals surface area (Å²) in [6.45, 7) is 4.45. The van der Waals surface area contributed by atoms with Crippen LogP contribution in [-0.4, -0.2) is 12.1 Å². The Bertz CT molecular complexity index is 375. The lowest BCUT2D eigenvalue weighted by Crippen LogP contribution is -2.34. The molecule has 1 saturated heterocycles. The summed E-state index contributed by atoms with van der Waals surface area (Å²) >= 11 is 0. The van der Waals surface area contributed by atoms with E-state index in [-0.39, 0.29) is 5.54 Å². The van der Waals surface area contributed by atoms with Gasteiger partial charge in [-0.05, 0) is 26.0 Å². The maximum Gasteiger partial charge on any atom is 0.300 e. The van der Waals surface area contributed by atoms with Gasteiger partial charge in [0.25, 0.3) is 7.52 Å². The van der Waals surface area contributed by atoms with Gasteiger partial charge >= 0.3 is 0 Å². The van der Waals surface area contributed by atoms with E-state index in [0.717, 1.165) is 5.30 Å². The zero-order chi connectivity index (χ0) is 10.2. The molecule has 0 spiro atoms. The van der Waals surface area contributed by atoms with E-state index in [1.165, 1.54) is 0 Å². The molecule has 0 saturated carbocycles. The zero-order valence-electron chi connectivity index (χ0n) is 8.36. The van der Waals surface area contributed by atoms with E-state index in [4.69, 9.17) is 4.52 Å². The van der Waals surface area contributed by atoms with Gasteiger partial charge in [-0.2, -0.15) is 0 Å². The topological polar surface area (TPSA) is 38.3 Å². The number of benzene rings is 1. The van der Waals surface area contributed by atoms with Crippen LogP contribution in [0, 0.1) is 0 Å². The van der Waals surface area contributed by atoms with Gasteiger partial charge in [0.1, 0.15) is 0 Å². The maximum atomic E-state index is 12.3. The predicted octanol–water partition coefficient (Wildman–Crippen LogP) is 1.90. The molecule has 1 aromatic carbocycles. The molecule has 1 N–H and O–H groups in total. The van der Waals surface area contributed by atoms with Crippen molar-refractivity contribution in [1.29, 1.82) is 0 Å². The van der Waals surface area contributed by atoms with Crippen molar-refractivity contribution in [1.82, 2.24) is 5.09 Å². The SMILES string of the molecule is CC1(C)COP(=O)(c2ccccc2)N1. The molecule has 2 rings (SSSR count). The highest BCUT2D eigenvalue weighted by atomic mass is 31.2. The van der Waals surface area contributed by atoms with Gasteiger partial charge in [-0.15, -0.1) is 0 Å². The van der Waals surface area contributed by atoms with Crippen LogP contribution in [-0.2, 0) is 9.09 Å². The fourth-order valence-corrected chi connectivity index (χ4v) is 3.75. The summed E-state index contributed by atoms with van der Waals surface area (Å²) in [5.74, 6) is 0. The Balaban J connectivity index is 2.33. The molecule has 76 valence electrons. The lowest BCUT2D eigenvalue weighted by Gasteiger charge is -2.16. The Labute approximate surface area is 84.0 Å².